The third kappa shape index (κ3) is 2.83. The van der Waals surface area contributed by atoms with Crippen molar-refractivity contribution in [3.05, 3.63) is 34.4 Å². The van der Waals surface area contributed by atoms with Crippen molar-refractivity contribution in [3.63, 3.8) is 0 Å². The molecule has 0 saturated heterocycles. The molecule has 0 bridgehead atoms. The molecule has 23 heavy (non-hydrogen) atoms. The molecule has 0 fully saturated rings. The van der Waals surface area contributed by atoms with E-state index in [-0.39, 0.29) is 29.6 Å². The van der Waals surface area contributed by atoms with Gasteiger partial charge >= 0.3 is 0 Å². The maximum absolute atomic E-state index is 12.3. The van der Waals surface area contributed by atoms with Crippen LogP contribution in [-0.4, -0.2) is 60.5 Å². The Bertz CT molecular complexity index is 739. The lowest BCUT2D eigenvalue weighted by Gasteiger charge is -2.16. The monoisotopic (exact) mass is 317 g/mol. The Morgan fingerprint density at radius 2 is 1.74 bits per heavy atom. The van der Waals surface area contributed by atoms with Crippen molar-refractivity contribution in [3.8, 4) is 0 Å². The molecule has 5 amide bonds. The molecular formula is C15H15N3O5. The van der Waals surface area contributed by atoms with E-state index in [2.05, 4.69) is 0 Å². The van der Waals surface area contributed by atoms with E-state index in [9.17, 15) is 24.0 Å². The fraction of sp³-hybridized carbons (Fsp3) is 0.267. The summed E-state index contributed by atoms with van der Waals surface area (Å²) in [6, 6.07) is 2.68. The average Bonchev–Trinajstić information content (AvgIpc) is 2.71. The Morgan fingerprint density at radius 1 is 1.17 bits per heavy atom. The predicted molar refractivity (Wildman–Crippen MR) is 78.8 cm³/mol. The van der Waals surface area contributed by atoms with E-state index in [0.717, 1.165) is 4.90 Å². The van der Waals surface area contributed by atoms with Crippen LogP contribution in [0.4, 0.5) is 0 Å². The third-order valence-electron chi connectivity index (χ3n) is 3.54. The first kappa shape index (κ1) is 16.3. The zero-order valence-corrected chi connectivity index (χ0v) is 12.9. The van der Waals surface area contributed by atoms with Gasteiger partial charge in [-0.3, -0.25) is 34.2 Å². The second kappa shape index (κ2) is 5.99. The molecule has 0 spiro atoms. The van der Waals surface area contributed by atoms with Crippen LogP contribution in [0.5, 0.6) is 0 Å². The molecule has 0 aromatic heterocycles. The number of rotatable bonds is 4. The molecule has 2 rings (SSSR count). The molecule has 120 valence electrons. The van der Waals surface area contributed by atoms with Crippen LogP contribution < -0.4 is 5.32 Å². The minimum absolute atomic E-state index is 0.0446. The normalized spacial score (nSPS) is 12.9. The second-order valence-electron chi connectivity index (χ2n) is 5.29. The molecule has 1 heterocycles. The van der Waals surface area contributed by atoms with E-state index in [1.165, 1.54) is 31.1 Å². The Kier molecular flexibility index (Phi) is 4.26. The van der Waals surface area contributed by atoms with Crippen molar-refractivity contribution in [2.75, 3.05) is 20.6 Å². The molecule has 8 heteroatoms. The number of carbonyl (C=O) groups excluding carboxylic acids is 5. The Morgan fingerprint density at radius 3 is 2.26 bits per heavy atom. The summed E-state index contributed by atoms with van der Waals surface area (Å²) >= 11 is 0. The number of likely N-dealkylation sites (N-methyl/N-ethyl adjacent to an activating group) is 1. The van der Waals surface area contributed by atoms with Crippen LogP contribution in [-0.2, 0) is 9.59 Å². The molecular weight excluding hydrogens is 302 g/mol. The number of carbonyl (C=O) groups is 5. The summed E-state index contributed by atoms with van der Waals surface area (Å²) in [7, 11) is 3.04. The van der Waals surface area contributed by atoms with Crippen LogP contribution in [0.3, 0.4) is 0 Å². The Balaban J connectivity index is 2.40. The van der Waals surface area contributed by atoms with Gasteiger partial charge in [0.2, 0.25) is 12.3 Å². The lowest BCUT2D eigenvalue weighted by molar-refractivity contribution is -0.129. The summed E-state index contributed by atoms with van der Waals surface area (Å²) in [5, 5.41) is 1.99. The lowest BCUT2D eigenvalue weighted by atomic mass is 10.00. The van der Waals surface area contributed by atoms with E-state index >= 15 is 0 Å². The van der Waals surface area contributed by atoms with E-state index < -0.39 is 23.6 Å². The van der Waals surface area contributed by atoms with Gasteiger partial charge in [0.15, 0.2) is 0 Å². The molecule has 1 aromatic carbocycles. The summed E-state index contributed by atoms with van der Waals surface area (Å²) in [5.74, 6) is -2.27. The maximum Gasteiger partial charge on any atom is 0.262 e. The van der Waals surface area contributed by atoms with Gasteiger partial charge in [-0.15, -0.1) is 0 Å². The summed E-state index contributed by atoms with van der Waals surface area (Å²) in [6.45, 7) is 1.22. The summed E-state index contributed by atoms with van der Waals surface area (Å²) in [5.41, 5.74) is 0.757. The highest BCUT2D eigenvalue weighted by Crippen LogP contribution is 2.26. The van der Waals surface area contributed by atoms with Crippen molar-refractivity contribution in [1.29, 1.82) is 0 Å². The number of hydrogen-bond acceptors (Lipinski definition) is 5. The molecule has 0 saturated carbocycles. The Labute approximate surface area is 132 Å². The fourth-order valence-corrected chi connectivity index (χ4v) is 2.24. The highest BCUT2D eigenvalue weighted by Gasteiger charge is 2.37. The van der Waals surface area contributed by atoms with Gasteiger partial charge in [-0.25, -0.2) is 0 Å². The molecule has 0 atom stereocenters. The molecule has 0 aliphatic carbocycles. The Hall–Kier alpha value is -3.03. The zero-order chi connectivity index (χ0) is 17.3. The number of imide groups is 2. The van der Waals surface area contributed by atoms with Crippen LogP contribution in [0.15, 0.2) is 12.1 Å². The van der Waals surface area contributed by atoms with E-state index in [1.54, 1.807) is 6.92 Å². The number of nitrogens with one attached hydrogen (secondary N) is 1. The minimum atomic E-state index is -0.664. The standard InChI is InChI=1S/C15H15N3O5/c1-8-4-10-11(5-9(8)13(21)16-7-19)15(23)18(14(10)22)6-12(20)17(2)3/h4-5,7H,6H2,1-3H3,(H,16,19,21). The van der Waals surface area contributed by atoms with Crippen molar-refractivity contribution >= 4 is 30.0 Å². The SMILES string of the molecule is Cc1cc2c(cc1C(=O)NC=O)C(=O)N(CC(=O)N(C)C)C2=O. The molecule has 1 N–H and O–H groups in total. The van der Waals surface area contributed by atoms with E-state index in [0.29, 0.717) is 5.56 Å². The topological polar surface area (TPSA) is 104 Å². The fourth-order valence-electron chi connectivity index (χ4n) is 2.24. The van der Waals surface area contributed by atoms with Gasteiger partial charge in [0.25, 0.3) is 17.7 Å². The first-order valence-corrected chi connectivity index (χ1v) is 6.73. The van der Waals surface area contributed by atoms with Crippen molar-refractivity contribution in [2.45, 2.75) is 6.92 Å². The largest absolute Gasteiger partial charge is 0.347 e. The van der Waals surface area contributed by atoms with Gasteiger partial charge < -0.3 is 4.90 Å². The number of fused-ring (bicyclic) bond motifs is 1. The number of hydrogen-bond donors (Lipinski definition) is 1. The molecule has 8 nitrogen and oxygen atoms in total. The molecule has 1 aliphatic rings. The predicted octanol–water partition coefficient (Wildman–Crippen LogP) is -0.435. The van der Waals surface area contributed by atoms with Crippen LogP contribution >= 0.6 is 0 Å². The van der Waals surface area contributed by atoms with Gasteiger partial charge in [-0.2, -0.15) is 0 Å². The van der Waals surface area contributed by atoms with Gasteiger partial charge in [0, 0.05) is 19.7 Å². The lowest BCUT2D eigenvalue weighted by Crippen LogP contribution is -2.39. The molecule has 0 radical (unpaired) electrons. The first-order valence-electron chi connectivity index (χ1n) is 6.73. The number of nitrogens with zero attached hydrogens (tertiary/aromatic N) is 2. The molecule has 1 aliphatic heterocycles. The van der Waals surface area contributed by atoms with Crippen molar-refractivity contribution < 1.29 is 24.0 Å². The summed E-state index contributed by atoms with van der Waals surface area (Å²) < 4.78 is 0. The van der Waals surface area contributed by atoms with Crippen LogP contribution in [0.2, 0.25) is 0 Å². The third-order valence-corrected chi connectivity index (χ3v) is 3.54. The number of benzene rings is 1. The molecule has 1 aromatic rings. The van der Waals surface area contributed by atoms with E-state index in [4.69, 9.17) is 0 Å². The quantitative estimate of drug-likeness (QED) is 0.599. The first-order chi connectivity index (χ1) is 10.8. The van der Waals surface area contributed by atoms with Crippen molar-refractivity contribution in [2.24, 2.45) is 0 Å². The van der Waals surface area contributed by atoms with Crippen LogP contribution in [0.1, 0.15) is 36.6 Å². The van der Waals surface area contributed by atoms with Gasteiger partial charge in [-0.05, 0) is 24.6 Å². The summed E-state index contributed by atoms with van der Waals surface area (Å²) in [4.78, 5) is 60.7. The zero-order valence-electron chi connectivity index (χ0n) is 12.9. The van der Waals surface area contributed by atoms with Gasteiger partial charge in [-0.1, -0.05) is 0 Å². The average molecular weight is 317 g/mol. The highest BCUT2D eigenvalue weighted by atomic mass is 16.2. The number of amides is 5. The maximum atomic E-state index is 12.3. The van der Waals surface area contributed by atoms with E-state index in [1.807, 2.05) is 5.32 Å². The van der Waals surface area contributed by atoms with Crippen LogP contribution in [0, 0.1) is 6.92 Å². The smallest absolute Gasteiger partial charge is 0.262 e. The van der Waals surface area contributed by atoms with Gasteiger partial charge in [0.05, 0.1) is 11.1 Å². The second-order valence-corrected chi connectivity index (χ2v) is 5.29. The highest BCUT2D eigenvalue weighted by molar-refractivity contribution is 6.23. The van der Waals surface area contributed by atoms with Crippen LogP contribution in [0.25, 0.3) is 0 Å². The van der Waals surface area contributed by atoms with Crippen molar-refractivity contribution in [1.82, 2.24) is 15.1 Å². The molecule has 0 unspecified atom stereocenters. The number of aryl methyl sites for hydroxylation is 1. The summed E-state index contributed by atoms with van der Waals surface area (Å²) in [6.07, 6.45) is 0.240. The van der Waals surface area contributed by atoms with Gasteiger partial charge in [0.1, 0.15) is 6.54 Å². The minimum Gasteiger partial charge on any atom is -0.347 e.